The number of carbonyl (C=O) groups excluding carboxylic acids is 1. The Morgan fingerprint density at radius 1 is 1.54 bits per heavy atom. The van der Waals surface area contributed by atoms with Gasteiger partial charge in [-0.3, -0.25) is 4.79 Å². The van der Waals surface area contributed by atoms with Crippen molar-refractivity contribution < 1.29 is 9.53 Å². The average molecular weight is 205 g/mol. The minimum Gasteiger partial charge on any atom is -0.469 e. The smallest absolute Gasteiger partial charge is 0.306 e. The van der Waals surface area contributed by atoms with Crippen LogP contribution in [0.2, 0.25) is 0 Å². The summed E-state index contributed by atoms with van der Waals surface area (Å²) in [6.07, 6.45) is 3.71. The molecule has 1 atom stereocenters. The van der Waals surface area contributed by atoms with Crippen LogP contribution in [0.5, 0.6) is 0 Å². The first-order chi connectivity index (χ1) is 6.20. The molecule has 4 heteroatoms. The van der Waals surface area contributed by atoms with Gasteiger partial charge in [-0.1, -0.05) is 6.92 Å². The van der Waals surface area contributed by atoms with Crippen LogP contribution < -0.4 is 5.32 Å². The Balaban J connectivity index is 3.12. The zero-order valence-electron chi connectivity index (χ0n) is 8.63. The standard InChI is InChI=1S/C9H19NO2S/c1-8(13-3)4-6-10-7-5-9(11)12-2/h8,10H,4-7H2,1-3H3. The fraction of sp³-hybridized carbons (Fsp3) is 0.889. The van der Waals surface area contributed by atoms with Gasteiger partial charge in [0, 0.05) is 11.8 Å². The van der Waals surface area contributed by atoms with Crippen LogP contribution in [-0.2, 0) is 9.53 Å². The second-order valence-corrected chi connectivity index (χ2v) is 4.19. The number of thioether (sulfide) groups is 1. The summed E-state index contributed by atoms with van der Waals surface area (Å²) in [5.41, 5.74) is 0. The Morgan fingerprint density at radius 2 is 2.23 bits per heavy atom. The van der Waals surface area contributed by atoms with Crippen molar-refractivity contribution >= 4 is 17.7 Å². The van der Waals surface area contributed by atoms with Crippen LogP contribution in [0.25, 0.3) is 0 Å². The molecular weight excluding hydrogens is 186 g/mol. The maximum absolute atomic E-state index is 10.7. The molecule has 0 saturated heterocycles. The topological polar surface area (TPSA) is 38.3 Å². The minimum atomic E-state index is -0.148. The largest absolute Gasteiger partial charge is 0.469 e. The summed E-state index contributed by atoms with van der Waals surface area (Å²) in [6, 6.07) is 0. The van der Waals surface area contributed by atoms with Gasteiger partial charge in [-0.2, -0.15) is 11.8 Å². The average Bonchev–Trinajstić information content (AvgIpc) is 2.16. The van der Waals surface area contributed by atoms with E-state index in [0.29, 0.717) is 18.2 Å². The van der Waals surface area contributed by atoms with E-state index < -0.39 is 0 Å². The summed E-state index contributed by atoms with van der Waals surface area (Å²) in [6.45, 7) is 3.89. The van der Waals surface area contributed by atoms with Gasteiger partial charge in [0.25, 0.3) is 0 Å². The molecule has 13 heavy (non-hydrogen) atoms. The molecule has 1 unspecified atom stereocenters. The van der Waals surface area contributed by atoms with E-state index in [9.17, 15) is 4.79 Å². The second kappa shape index (κ2) is 8.38. The van der Waals surface area contributed by atoms with E-state index in [1.54, 1.807) is 0 Å². The molecule has 0 aromatic rings. The Hall–Kier alpha value is -0.220. The van der Waals surface area contributed by atoms with Crippen molar-refractivity contribution in [1.29, 1.82) is 0 Å². The molecule has 0 spiro atoms. The molecule has 0 aliphatic carbocycles. The number of ether oxygens (including phenoxy) is 1. The fourth-order valence-corrected chi connectivity index (χ4v) is 1.19. The molecular formula is C9H19NO2S. The molecule has 3 nitrogen and oxygen atoms in total. The fourth-order valence-electron chi connectivity index (χ4n) is 0.841. The molecule has 0 aromatic carbocycles. The van der Waals surface area contributed by atoms with Crippen molar-refractivity contribution in [3.63, 3.8) is 0 Å². The second-order valence-electron chi connectivity index (χ2n) is 2.91. The molecule has 0 fully saturated rings. The van der Waals surface area contributed by atoms with E-state index in [0.717, 1.165) is 13.0 Å². The van der Waals surface area contributed by atoms with Crippen molar-refractivity contribution in [2.24, 2.45) is 0 Å². The Labute approximate surface area is 84.6 Å². The number of methoxy groups -OCH3 is 1. The summed E-state index contributed by atoms with van der Waals surface area (Å²) in [7, 11) is 1.41. The lowest BCUT2D eigenvalue weighted by atomic mass is 10.3. The molecule has 1 N–H and O–H groups in total. The van der Waals surface area contributed by atoms with Crippen molar-refractivity contribution in [3.8, 4) is 0 Å². The third-order valence-corrected chi connectivity index (χ3v) is 2.90. The molecule has 0 bridgehead atoms. The number of carbonyl (C=O) groups is 1. The molecule has 0 heterocycles. The van der Waals surface area contributed by atoms with Gasteiger partial charge < -0.3 is 10.1 Å². The maximum Gasteiger partial charge on any atom is 0.306 e. The highest BCUT2D eigenvalue weighted by Gasteiger charge is 2.00. The third kappa shape index (κ3) is 8.12. The summed E-state index contributed by atoms with van der Waals surface area (Å²) in [4.78, 5) is 10.7. The summed E-state index contributed by atoms with van der Waals surface area (Å²) in [5, 5.41) is 3.89. The van der Waals surface area contributed by atoms with Gasteiger partial charge >= 0.3 is 5.97 Å². The lowest BCUT2D eigenvalue weighted by molar-refractivity contribution is -0.140. The zero-order chi connectivity index (χ0) is 10.1. The Morgan fingerprint density at radius 3 is 2.77 bits per heavy atom. The van der Waals surface area contributed by atoms with E-state index in [1.165, 1.54) is 7.11 Å². The monoisotopic (exact) mass is 205 g/mol. The molecule has 0 radical (unpaired) electrons. The van der Waals surface area contributed by atoms with Crippen LogP contribution in [0.3, 0.4) is 0 Å². The Bertz CT molecular complexity index is 142. The minimum absolute atomic E-state index is 0.148. The number of hydrogen-bond acceptors (Lipinski definition) is 4. The van der Waals surface area contributed by atoms with Crippen LogP contribution in [0.4, 0.5) is 0 Å². The van der Waals surface area contributed by atoms with E-state index in [4.69, 9.17) is 0 Å². The van der Waals surface area contributed by atoms with Gasteiger partial charge in [-0.05, 0) is 19.2 Å². The summed E-state index contributed by atoms with van der Waals surface area (Å²) < 4.78 is 4.52. The predicted molar refractivity (Wildman–Crippen MR) is 57.1 cm³/mol. The van der Waals surface area contributed by atoms with Gasteiger partial charge in [-0.25, -0.2) is 0 Å². The first-order valence-electron chi connectivity index (χ1n) is 4.51. The molecule has 78 valence electrons. The highest BCUT2D eigenvalue weighted by Crippen LogP contribution is 2.07. The predicted octanol–water partition coefficient (Wildman–Crippen LogP) is 1.28. The quantitative estimate of drug-likeness (QED) is 0.502. The molecule has 0 aliphatic heterocycles. The van der Waals surface area contributed by atoms with Gasteiger partial charge in [0.05, 0.1) is 13.5 Å². The van der Waals surface area contributed by atoms with Crippen molar-refractivity contribution in [3.05, 3.63) is 0 Å². The van der Waals surface area contributed by atoms with Crippen LogP contribution in [0.15, 0.2) is 0 Å². The normalized spacial score (nSPS) is 12.5. The van der Waals surface area contributed by atoms with Crippen LogP contribution >= 0.6 is 11.8 Å². The molecule has 0 saturated carbocycles. The molecule has 0 aliphatic rings. The lowest BCUT2D eigenvalue weighted by Crippen LogP contribution is -2.21. The molecule has 0 amide bonds. The van der Waals surface area contributed by atoms with Gasteiger partial charge in [-0.15, -0.1) is 0 Å². The SMILES string of the molecule is COC(=O)CCNCCC(C)SC. The number of rotatable bonds is 7. The number of nitrogens with one attached hydrogen (secondary N) is 1. The van der Waals surface area contributed by atoms with Crippen LogP contribution in [0.1, 0.15) is 19.8 Å². The first-order valence-corrected chi connectivity index (χ1v) is 5.79. The number of hydrogen-bond donors (Lipinski definition) is 1. The van der Waals surface area contributed by atoms with Crippen molar-refractivity contribution in [1.82, 2.24) is 5.32 Å². The van der Waals surface area contributed by atoms with Crippen LogP contribution in [-0.4, -0.2) is 37.7 Å². The third-order valence-electron chi connectivity index (χ3n) is 1.86. The van der Waals surface area contributed by atoms with Crippen molar-refractivity contribution in [2.75, 3.05) is 26.5 Å². The van der Waals surface area contributed by atoms with Gasteiger partial charge in [0.2, 0.25) is 0 Å². The highest BCUT2D eigenvalue weighted by molar-refractivity contribution is 7.99. The molecule has 0 rings (SSSR count). The first kappa shape index (κ1) is 12.8. The van der Waals surface area contributed by atoms with E-state index in [-0.39, 0.29) is 5.97 Å². The van der Waals surface area contributed by atoms with E-state index in [2.05, 4.69) is 23.2 Å². The highest BCUT2D eigenvalue weighted by atomic mass is 32.2. The zero-order valence-corrected chi connectivity index (χ0v) is 9.45. The summed E-state index contributed by atoms with van der Waals surface area (Å²) in [5.74, 6) is -0.148. The van der Waals surface area contributed by atoms with Crippen molar-refractivity contribution in [2.45, 2.75) is 25.0 Å². The van der Waals surface area contributed by atoms with Gasteiger partial charge in [0.15, 0.2) is 0 Å². The van der Waals surface area contributed by atoms with Gasteiger partial charge in [0.1, 0.15) is 0 Å². The van der Waals surface area contributed by atoms with Crippen LogP contribution in [0, 0.1) is 0 Å². The van der Waals surface area contributed by atoms with E-state index in [1.807, 2.05) is 11.8 Å². The maximum atomic E-state index is 10.7. The Kier molecular flexibility index (Phi) is 8.24. The van der Waals surface area contributed by atoms with E-state index >= 15 is 0 Å². The number of esters is 1. The lowest BCUT2D eigenvalue weighted by Gasteiger charge is -2.08. The summed E-state index contributed by atoms with van der Waals surface area (Å²) >= 11 is 1.86. The molecule has 0 aromatic heterocycles.